The highest BCUT2D eigenvalue weighted by molar-refractivity contribution is 5.79. The molecule has 1 aliphatic rings. The molecule has 4 rings (SSSR count). The summed E-state index contributed by atoms with van der Waals surface area (Å²) in [6, 6.07) is 10.1. The summed E-state index contributed by atoms with van der Waals surface area (Å²) >= 11 is 0. The fraction of sp³-hybridized carbons (Fsp3) is 0.316. The number of rotatable bonds is 3. The highest BCUT2D eigenvalue weighted by Crippen LogP contribution is 2.28. The molecule has 2 aromatic heterocycles. The largest absolute Gasteiger partial charge is 0.338 e. The molecule has 0 saturated carbocycles. The van der Waals surface area contributed by atoms with E-state index in [1.165, 1.54) is 0 Å². The van der Waals surface area contributed by atoms with Crippen molar-refractivity contribution in [3.05, 3.63) is 53.3 Å². The molecule has 24 heavy (non-hydrogen) atoms. The van der Waals surface area contributed by atoms with E-state index in [1.807, 2.05) is 47.7 Å². The molecule has 0 unspecified atom stereocenters. The lowest BCUT2D eigenvalue weighted by Gasteiger charge is -2.15. The van der Waals surface area contributed by atoms with Crippen molar-refractivity contribution in [2.45, 2.75) is 33.2 Å². The summed E-state index contributed by atoms with van der Waals surface area (Å²) < 4.78 is 1.85. The van der Waals surface area contributed by atoms with Crippen molar-refractivity contribution in [3.63, 3.8) is 0 Å². The topological polar surface area (TPSA) is 50.5 Å². The first-order valence-corrected chi connectivity index (χ1v) is 8.32. The van der Waals surface area contributed by atoms with Gasteiger partial charge in [0.15, 0.2) is 5.65 Å². The van der Waals surface area contributed by atoms with Gasteiger partial charge in [0.1, 0.15) is 5.69 Å². The van der Waals surface area contributed by atoms with Crippen LogP contribution in [0.5, 0.6) is 0 Å². The van der Waals surface area contributed by atoms with Crippen molar-refractivity contribution >= 4 is 11.6 Å². The van der Waals surface area contributed by atoms with E-state index in [9.17, 15) is 4.79 Å². The number of amides is 1. The van der Waals surface area contributed by atoms with Crippen LogP contribution in [-0.2, 0) is 11.3 Å². The second kappa shape index (κ2) is 5.74. The van der Waals surface area contributed by atoms with Crippen molar-refractivity contribution in [2.24, 2.45) is 0 Å². The summed E-state index contributed by atoms with van der Waals surface area (Å²) in [5.41, 5.74) is 5.94. The first-order chi connectivity index (χ1) is 11.6. The molecular formula is C19H20N4O. The number of fused-ring (bicyclic) bond motifs is 1. The maximum absolute atomic E-state index is 12.1. The number of aromatic nitrogens is 3. The number of carbonyl (C=O) groups is 1. The highest BCUT2D eigenvalue weighted by atomic mass is 16.2. The number of benzene rings is 1. The van der Waals surface area contributed by atoms with Gasteiger partial charge in [-0.05, 0) is 25.8 Å². The Morgan fingerprint density at radius 2 is 1.96 bits per heavy atom. The Labute approximate surface area is 140 Å². The molecule has 3 aromatic rings. The fourth-order valence-corrected chi connectivity index (χ4v) is 3.23. The standard InChI is InChI=1S/C19H20N4O/c1-13-11-23-19(20-14(13)2)16(12-22-10-6-9-17(22)24)18(21-23)15-7-4-3-5-8-15/h3-5,7-8,11H,6,9-10,12H2,1-2H3. The van der Waals surface area contributed by atoms with E-state index in [1.54, 1.807) is 0 Å². The Morgan fingerprint density at radius 3 is 2.67 bits per heavy atom. The molecule has 0 spiro atoms. The van der Waals surface area contributed by atoms with Crippen LogP contribution in [0.15, 0.2) is 36.5 Å². The first-order valence-electron chi connectivity index (χ1n) is 8.32. The second-order valence-electron chi connectivity index (χ2n) is 6.39. The monoisotopic (exact) mass is 320 g/mol. The third-order valence-electron chi connectivity index (χ3n) is 4.71. The molecule has 0 N–H and O–H groups in total. The van der Waals surface area contributed by atoms with Gasteiger partial charge in [0.2, 0.25) is 5.91 Å². The predicted molar refractivity (Wildman–Crippen MR) is 92.5 cm³/mol. The van der Waals surface area contributed by atoms with Gasteiger partial charge in [-0.3, -0.25) is 4.79 Å². The van der Waals surface area contributed by atoms with Crippen LogP contribution < -0.4 is 0 Å². The fourth-order valence-electron chi connectivity index (χ4n) is 3.23. The maximum atomic E-state index is 12.1. The molecule has 0 aliphatic carbocycles. The predicted octanol–water partition coefficient (Wildman–Crippen LogP) is 3.14. The molecule has 0 bridgehead atoms. The van der Waals surface area contributed by atoms with Gasteiger partial charge in [0, 0.05) is 36.0 Å². The lowest BCUT2D eigenvalue weighted by Crippen LogP contribution is -2.24. The third kappa shape index (κ3) is 2.46. The van der Waals surface area contributed by atoms with Crippen molar-refractivity contribution in [1.29, 1.82) is 0 Å². The van der Waals surface area contributed by atoms with Crippen molar-refractivity contribution < 1.29 is 4.79 Å². The van der Waals surface area contributed by atoms with E-state index < -0.39 is 0 Å². The molecule has 5 nitrogen and oxygen atoms in total. The number of likely N-dealkylation sites (tertiary alicyclic amines) is 1. The Bertz CT molecular complexity index is 914. The van der Waals surface area contributed by atoms with Gasteiger partial charge < -0.3 is 4.90 Å². The van der Waals surface area contributed by atoms with Gasteiger partial charge in [-0.2, -0.15) is 5.10 Å². The molecule has 1 aliphatic heterocycles. The molecule has 122 valence electrons. The lowest BCUT2D eigenvalue weighted by molar-refractivity contribution is -0.128. The summed E-state index contributed by atoms with van der Waals surface area (Å²) in [6.45, 7) is 5.43. The van der Waals surface area contributed by atoms with E-state index in [2.05, 4.69) is 12.1 Å². The molecule has 5 heteroatoms. The quantitative estimate of drug-likeness (QED) is 0.745. The molecule has 0 radical (unpaired) electrons. The Balaban J connectivity index is 1.90. The maximum Gasteiger partial charge on any atom is 0.222 e. The van der Waals surface area contributed by atoms with Crippen LogP contribution in [0.25, 0.3) is 16.9 Å². The van der Waals surface area contributed by atoms with Crippen molar-refractivity contribution in [1.82, 2.24) is 19.5 Å². The van der Waals surface area contributed by atoms with E-state index in [0.29, 0.717) is 13.0 Å². The zero-order valence-electron chi connectivity index (χ0n) is 14.0. The summed E-state index contributed by atoms with van der Waals surface area (Å²) in [5, 5.41) is 4.77. The van der Waals surface area contributed by atoms with Gasteiger partial charge in [-0.1, -0.05) is 30.3 Å². The van der Waals surface area contributed by atoms with Crippen LogP contribution in [0, 0.1) is 13.8 Å². The normalized spacial score (nSPS) is 14.8. The Morgan fingerprint density at radius 1 is 1.17 bits per heavy atom. The van der Waals surface area contributed by atoms with Crippen LogP contribution in [-0.4, -0.2) is 31.9 Å². The van der Waals surface area contributed by atoms with Crippen LogP contribution in [0.4, 0.5) is 0 Å². The van der Waals surface area contributed by atoms with Crippen LogP contribution in [0.3, 0.4) is 0 Å². The van der Waals surface area contributed by atoms with Crippen LogP contribution in [0.2, 0.25) is 0 Å². The number of hydrogen-bond acceptors (Lipinski definition) is 3. The minimum absolute atomic E-state index is 0.220. The van der Waals surface area contributed by atoms with Gasteiger partial charge in [-0.25, -0.2) is 9.50 Å². The Hall–Kier alpha value is -2.69. The SMILES string of the molecule is Cc1cn2nc(-c3ccccc3)c(CN3CCCC3=O)c2nc1C. The zero-order valence-corrected chi connectivity index (χ0v) is 14.0. The van der Waals surface area contributed by atoms with Gasteiger partial charge in [0.05, 0.1) is 6.54 Å². The smallest absolute Gasteiger partial charge is 0.222 e. The Kier molecular flexibility index (Phi) is 3.56. The average Bonchev–Trinajstić information content (AvgIpc) is 3.14. The number of carbonyl (C=O) groups excluding carboxylic acids is 1. The van der Waals surface area contributed by atoms with Gasteiger partial charge in [0.25, 0.3) is 0 Å². The van der Waals surface area contributed by atoms with E-state index in [-0.39, 0.29) is 5.91 Å². The molecule has 1 aromatic carbocycles. The molecular weight excluding hydrogens is 300 g/mol. The second-order valence-corrected chi connectivity index (χ2v) is 6.39. The minimum Gasteiger partial charge on any atom is -0.338 e. The molecule has 1 saturated heterocycles. The van der Waals surface area contributed by atoms with Crippen molar-refractivity contribution in [2.75, 3.05) is 6.54 Å². The first kappa shape index (κ1) is 14.9. The summed E-state index contributed by atoms with van der Waals surface area (Å²) in [5.74, 6) is 0.220. The summed E-state index contributed by atoms with van der Waals surface area (Å²) in [7, 11) is 0. The van der Waals surface area contributed by atoms with E-state index in [4.69, 9.17) is 10.1 Å². The summed E-state index contributed by atoms with van der Waals surface area (Å²) in [4.78, 5) is 18.8. The van der Waals surface area contributed by atoms with Gasteiger partial charge in [-0.15, -0.1) is 0 Å². The lowest BCUT2D eigenvalue weighted by atomic mass is 10.1. The third-order valence-corrected chi connectivity index (χ3v) is 4.71. The minimum atomic E-state index is 0.220. The molecule has 1 amide bonds. The highest BCUT2D eigenvalue weighted by Gasteiger charge is 2.25. The molecule has 3 heterocycles. The average molecular weight is 320 g/mol. The number of aryl methyl sites for hydroxylation is 2. The number of nitrogens with zero attached hydrogens (tertiary/aromatic N) is 4. The van der Waals surface area contributed by atoms with Crippen LogP contribution in [0.1, 0.15) is 29.7 Å². The molecule has 1 fully saturated rings. The van der Waals surface area contributed by atoms with Crippen molar-refractivity contribution in [3.8, 4) is 11.3 Å². The van der Waals surface area contributed by atoms with E-state index in [0.717, 1.165) is 46.7 Å². The van der Waals surface area contributed by atoms with Gasteiger partial charge >= 0.3 is 0 Å². The zero-order chi connectivity index (χ0) is 16.7. The van der Waals surface area contributed by atoms with E-state index >= 15 is 0 Å². The molecule has 0 atom stereocenters. The van der Waals surface area contributed by atoms with Crippen LogP contribution >= 0.6 is 0 Å². The number of hydrogen-bond donors (Lipinski definition) is 0. The summed E-state index contributed by atoms with van der Waals surface area (Å²) in [6.07, 6.45) is 3.59.